The van der Waals surface area contributed by atoms with Gasteiger partial charge in [0.15, 0.2) is 0 Å². The molecule has 0 bridgehead atoms. The Morgan fingerprint density at radius 2 is 1.42 bits per heavy atom. The van der Waals surface area contributed by atoms with E-state index in [-0.39, 0.29) is 75.2 Å². The summed E-state index contributed by atoms with van der Waals surface area (Å²) >= 11 is 0. The van der Waals surface area contributed by atoms with Gasteiger partial charge in [-0.1, -0.05) is 29.3 Å². The minimum atomic E-state index is -0.246. The van der Waals surface area contributed by atoms with Crippen molar-refractivity contribution in [3.05, 3.63) is 71.8 Å². The number of benzene rings is 1. The molecule has 0 saturated heterocycles. The fourth-order valence-corrected chi connectivity index (χ4v) is 1.58. The number of hydrogen-bond acceptors (Lipinski definition) is 5. The van der Waals surface area contributed by atoms with Crippen LogP contribution in [0.15, 0.2) is 48.6 Å². The third-order valence-electron chi connectivity index (χ3n) is 2.53. The fourth-order valence-electron chi connectivity index (χ4n) is 1.58. The molecule has 2 aliphatic rings. The normalized spacial score (nSPS) is 12.7. The molecule has 0 N–H and O–H groups in total. The maximum absolute atomic E-state index is 11.2. The number of allylic oxidation sites excluding steroid dienone is 6. The van der Waals surface area contributed by atoms with Gasteiger partial charge in [0.05, 0.1) is 23.1 Å². The average Bonchev–Trinajstić information content (AvgIpc) is 2.56. The molecule has 9 heteroatoms. The minimum absolute atomic E-state index is 0. The summed E-state index contributed by atoms with van der Waals surface area (Å²) < 4.78 is 0. The molecule has 0 radical (unpaired) electrons. The predicted octanol–water partition coefficient (Wildman–Crippen LogP) is 1.46. The van der Waals surface area contributed by atoms with Crippen molar-refractivity contribution in [1.29, 1.82) is 0 Å². The average molecular weight is 727 g/mol. The van der Waals surface area contributed by atoms with Crippen LogP contribution < -0.4 is 0 Å². The molecule has 5 nitrogen and oxygen atoms in total. The summed E-state index contributed by atoms with van der Waals surface area (Å²) in [4.78, 5) is 51.4. The largest absolute Gasteiger partial charge is 2.00 e. The van der Waals surface area contributed by atoms with Crippen LogP contribution in [0, 0.1) is 12.2 Å². The second-order valence-electron chi connectivity index (χ2n) is 4.03. The Bertz CT molecular complexity index is 680. The van der Waals surface area contributed by atoms with Crippen LogP contribution in [0.4, 0.5) is 0 Å². The summed E-state index contributed by atoms with van der Waals surface area (Å²) in [7, 11) is 1.77. The number of fused-ring (bicyclic) bond motifs is 1. The first-order valence-electron chi connectivity index (χ1n) is 6.20. The zero-order valence-electron chi connectivity index (χ0n) is 13.3. The second kappa shape index (κ2) is 16.2. The molecule has 0 heterocycles. The molecule has 0 fully saturated rings. The van der Waals surface area contributed by atoms with Crippen molar-refractivity contribution >= 4 is 48.3 Å². The van der Waals surface area contributed by atoms with Gasteiger partial charge in [-0.05, 0) is 0 Å². The van der Waals surface area contributed by atoms with Gasteiger partial charge in [0, 0.05) is 21.1 Å². The van der Waals surface area contributed by atoms with Gasteiger partial charge in [0.25, 0.3) is 0 Å². The first kappa shape index (κ1) is 29.8. The molecule has 2 unspecified atom stereocenters. The van der Waals surface area contributed by atoms with E-state index in [2.05, 4.69) is 12.2 Å². The van der Waals surface area contributed by atoms with Gasteiger partial charge in [-0.2, -0.15) is 9.90 Å². The third kappa shape index (κ3) is 10.2. The van der Waals surface area contributed by atoms with E-state index in [0.29, 0.717) is 11.1 Å². The maximum Gasteiger partial charge on any atom is 2.00 e. The molecule has 2 aliphatic carbocycles. The van der Waals surface area contributed by atoms with E-state index in [9.17, 15) is 19.2 Å². The van der Waals surface area contributed by atoms with E-state index in [1.165, 1.54) is 24.3 Å². The van der Waals surface area contributed by atoms with Gasteiger partial charge >= 0.3 is 21.1 Å². The molecule has 1 aromatic carbocycles. The number of ketones is 4. The van der Waals surface area contributed by atoms with Gasteiger partial charge in [0.2, 0.25) is 0 Å². The van der Waals surface area contributed by atoms with Crippen molar-refractivity contribution in [3.8, 4) is 0 Å². The number of carbonyl (C=O) groups is 4. The van der Waals surface area contributed by atoms with E-state index in [1.54, 1.807) is 33.5 Å². The van der Waals surface area contributed by atoms with E-state index in [1.807, 2.05) is 0 Å². The molecule has 1 aromatic rings. The van der Waals surface area contributed by atoms with Crippen molar-refractivity contribution in [1.82, 2.24) is 0 Å². The SMILES string of the molecule is O=C1[C-]=CC(=O)C=C1.O=C1[C-]=CC(=O)c2ccccc21.O=[C-]P.P.[W+2].[W]. The zero-order valence-corrected chi connectivity index (χ0v) is 21.7. The summed E-state index contributed by atoms with van der Waals surface area (Å²) in [6, 6.07) is 8.17. The van der Waals surface area contributed by atoms with Crippen LogP contribution in [0.25, 0.3) is 0 Å². The Balaban J connectivity index is -0.000000336. The predicted molar refractivity (Wildman–Crippen MR) is 96.4 cm³/mol. The summed E-state index contributed by atoms with van der Waals surface area (Å²) in [5.41, 5.74) is 0.922. The molecule has 0 saturated carbocycles. The quantitative estimate of drug-likeness (QED) is 0.230. The maximum atomic E-state index is 11.2. The molecule has 134 valence electrons. The minimum Gasteiger partial charge on any atom is -0.537 e. The van der Waals surface area contributed by atoms with E-state index < -0.39 is 0 Å². The van der Waals surface area contributed by atoms with Crippen molar-refractivity contribution in [2.45, 2.75) is 0 Å². The van der Waals surface area contributed by atoms with Crippen LogP contribution in [0.5, 0.6) is 0 Å². The number of hydrogen-bond donors (Lipinski definition) is 0. The Hall–Kier alpha value is -0.973. The molecular weight excluding hydrogens is 714 g/mol. The standard InChI is InChI=1S/C10H5O2.C6H3O2.CH2OP.H3P.2W/c11-9-5-6-10(12)8-4-2-1-3-7(8)9;7-5-1-2-6(8)4-3-5;2-1-3;;;/h1-5H;1-3H;3H2;1H3;;/q3*-1;;;+2. The first-order chi connectivity index (χ1) is 11.0. The van der Waals surface area contributed by atoms with Crippen LogP contribution in [-0.2, 0) is 56.5 Å². The molecule has 3 rings (SSSR count). The van der Waals surface area contributed by atoms with Gasteiger partial charge in [0.1, 0.15) is 0 Å². The number of Topliss-reactive ketones (excluding diaryl/α,β-unsaturated/α-hetero) is 1. The molecule has 2 atom stereocenters. The molecule has 0 spiro atoms. The molecule has 26 heavy (non-hydrogen) atoms. The van der Waals surface area contributed by atoms with Gasteiger partial charge in [-0.25, -0.2) is 6.03 Å². The van der Waals surface area contributed by atoms with Crippen LogP contribution >= 0.6 is 19.1 Å². The van der Waals surface area contributed by atoms with E-state index in [0.717, 1.165) is 6.08 Å². The van der Waals surface area contributed by atoms with Crippen molar-refractivity contribution in [2.75, 3.05) is 0 Å². The summed E-state index contributed by atoms with van der Waals surface area (Å²) in [5, 5.41) is 0. The smallest absolute Gasteiger partial charge is 0.537 e. The number of carbonyl (C=O) groups excluding carboxylic acids is 5. The molecule has 0 amide bonds. The first-order valence-corrected chi connectivity index (χ1v) is 6.78. The monoisotopic (exact) mass is 727 g/mol. The van der Waals surface area contributed by atoms with E-state index >= 15 is 0 Å². The van der Waals surface area contributed by atoms with E-state index in [4.69, 9.17) is 4.79 Å². The van der Waals surface area contributed by atoms with Gasteiger partial charge in [-0.15, -0.1) is 42.5 Å². The summed E-state index contributed by atoms with van der Waals surface area (Å²) in [6.45, 7) is 0. The molecule has 0 aromatic heterocycles. The Morgan fingerprint density at radius 3 is 1.85 bits per heavy atom. The van der Waals surface area contributed by atoms with Gasteiger partial charge < -0.3 is 24.0 Å². The second-order valence-corrected chi connectivity index (χ2v) is 4.27. The Kier molecular flexibility index (Phi) is 18.6. The van der Waals surface area contributed by atoms with Crippen molar-refractivity contribution < 1.29 is 66.1 Å². The van der Waals surface area contributed by atoms with Crippen LogP contribution in [0.1, 0.15) is 20.7 Å². The van der Waals surface area contributed by atoms with Crippen LogP contribution in [0.3, 0.4) is 0 Å². The third-order valence-corrected chi connectivity index (χ3v) is 2.53. The Labute approximate surface area is 185 Å². The topological polar surface area (TPSA) is 85.3 Å². The Morgan fingerprint density at radius 1 is 0.885 bits per heavy atom. The summed E-state index contributed by atoms with van der Waals surface area (Å²) in [5.74, 6) is -0.787. The fraction of sp³-hybridized carbons (Fsp3) is 0. The molecular formula is C17H13O5P2W2-. The number of rotatable bonds is 0. The molecule has 0 aliphatic heterocycles. The van der Waals surface area contributed by atoms with Crippen LogP contribution in [-0.4, -0.2) is 29.2 Å². The zero-order chi connectivity index (χ0) is 17.2. The van der Waals surface area contributed by atoms with Crippen molar-refractivity contribution in [2.24, 2.45) is 0 Å². The van der Waals surface area contributed by atoms with Crippen LogP contribution in [0.2, 0.25) is 0 Å². The van der Waals surface area contributed by atoms with Gasteiger partial charge in [-0.3, -0.25) is 9.24 Å². The van der Waals surface area contributed by atoms with Crippen molar-refractivity contribution in [3.63, 3.8) is 0 Å². The summed E-state index contributed by atoms with van der Waals surface area (Å²) in [6.07, 6.45) is 9.34.